The van der Waals surface area contributed by atoms with Crippen molar-refractivity contribution in [2.45, 2.75) is 45.1 Å². The third-order valence-electron chi connectivity index (χ3n) is 3.14. The monoisotopic (exact) mass is 237 g/mol. The van der Waals surface area contributed by atoms with Gasteiger partial charge in [-0.2, -0.15) is 0 Å². The van der Waals surface area contributed by atoms with Crippen LogP contribution in [-0.4, -0.2) is 12.6 Å². The van der Waals surface area contributed by atoms with Crippen LogP contribution in [0.1, 0.15) is 36.8 Å². The van der Waals surface area contributed by atoms with Gasteiger partial charge < -0.3 is 5.32 Å². The lowest BCUT2D eigenvalue weighted by Gasteiger charge is -2.05. The second-order valence-electron chi connectivity index (χ2n) is 4.77. The minimum Gasteiger partial charge on any atom is -0.314 e. The highest BCUT2D eigenvalue weighted by atomic mass is 35.5. The normalized spacial score (nSPS) is 15.4. The second-order valence-corrected chi connectivity index (χ2v) is 5.18. The highest BCUT2D eigenvalue weighted by molar-refractivity contribution is 6.31. The van der Waals surface area contributed by atoms with Crippen molar-refractivity contribution in [3.8, 4) is 0 Å². The van der Waals surface area contributed by atoms with Crippen molar-refractivity contribution >= 4 is 11.6 Å². The summed E-state index contributed by atoms with van der Waals surface area (Å²) in [6.07, 6.45) is 6.43. The molecule has 0 bridgehead atoms. The summed E-state index contributed by atoms with van der Waals surface area (Å²) in [4.78, 5) is 0. The number of unbranched alkanes of at least 4 members (excludes halogenated alkanes) is 1. The topological polar surface area (TPSA) is 12.0 Å². The third-order valence-corrected chi connectivity index (χ3v) is 3.55. The standard InChI is InChI=1S/C14H20ClN/c1-11-5-6-12(10-14(11)15)4-2-3-9-16-13-7-8-13/h5-6,10,13,16H,2-4,7-9H2,1H3. The molecule has 0 saturated heterocycles. The zero-order valence-corrected chi connectivity index (χ0v) is 10.7. The molecule has 1 aliphatic carbocycles. The quantitative estimate of drug-likeness (QED) is 0.744. The molecule has 0 spiro atoms. The molecule has 1 fully saturated rings. The molecule has 1 aromatic carbocycles. The molecular formula is C14H20ClN. The minimum absolute atomic E-state index is 0.841. The maximum atomic E-state index is 6.09. The lowest BCUT2D eigenvalue weighted by molar-refractivity contribution is 0.620. The average Bonchev–Trinajstić information content (AvgIpc) is 3.07. The van der Waals surface area contributed by atoms with Crippen LogP contribution in [0.3, 0.4) is 0 Å². The van der Waals surface area contributed by atoms with Gasteiger partial charge in [-0.25, -0.2) is 0 Å². The van der Waals surface area contributed by atoms with Crippen LogP contribution in [0.15, 0.2) is 18.2 Å². The number of benzene rings is 1. The van der Waals surface area contributed by atoms with Crippen LogP contribution in [0.5, 0.6) is 0 Å². The van der Waals surface area contributed by atoms with Crippen LogP contribution in [0, 0.1) is 6.92 Å². The smallest absolute Gasteiger partial charge is 0.0437 e. The highest BCUT2D eigenvalue weighted by Crippen LogP contribution is 2.19. The van der Waals surface area contributed by atoms with Gasteiger partial charge in [-0.05, 0) is 62.8 Å². The predicted molar refractivity (Wildman–Crippen MR) is 70.2 cm³/mol. The molecule has 0 aliphatic heterocycles. The van der Waals surface area contributed by atoms with Crippen molar-refractivity contribution in [1.82, 2.24) is 5.32 Å². The Morgan fingerprint density at radius 2 is 2.12 bits per heavy atom. The van der Waals surface area contributed by atoms with Gasteiger partial charge in [-0.3, -0.25) is 0 Å². The molecule has 2 rings (SSSR count). The Morgan fingerprint density at radius 3 is 2.81 bits per heavy atom. The largest absolute Gasteiger partial charge is 0.314 e. The van der Waals surface area contributed by atoms with E-state index >= 15 is 0 Å². The van der Waals surface area contributed by atoms with Gasteiger partial charge in [0.25, 0.3) is 0 Å². The summed E-state index contributed by atoms with van der Waals surface area (Å²) in [7, 11) is 0. The Labute approximate surface area is 103 Å². The van der Waals surface area contributed by atoms with E-state index in [-0.39, 0.29) is 0 Å². The summed E-state index contributed by atoms with van der Waals surface area (Å²) in [6, 6.07) is 7.25. The Hall–Kier alpha value is -0.530. The summed E-state index contributed by atoms with van der Waals surface area (Å²) < 4.78 is 0. The Kier molecular flexibility index (Phi) is 4.25. The van der Waals surface area contributed by atoms with Gasteiger partial charge in [0.15, 0.2) is 0 Å². The molecule has 0 atom stereocenters. The van der Waals surface area contributed by atoms with Crippen LogP contribution in [0.2, 0.25) is 5.02 Å². The molecule has 0 heterocycles. The summed E-state index contributed by atoms with van der Waals surface area (Å²) in [5, 5.41) is 4.43. The first-order valence-electron chi connectivity index (χ1n) is 6.24. The third kappa shape index (κ3) is 3.80. The first kappa shape index (κ1) is 11.9. The number of hydrogen-bond acceptors (Lipinski definition) is 1. The highest BCUT2D eigenvalue weighted by Gasteiger charge is 2.19. The second kappa shape index (κ2) is 5.70. The molecule has 0 amide bonds. The number of nitrogens with one attached hydrogen (secondary N) is 1. The molecule has 1 saturated carbocycles. The van der Waals surface area contributed by atoms with Crippen molar-refractivity contribution in [3.05, 3.63) is 34.3 Å². The Morgan fingerprint density at radius 1 is 1.31 bits per heavy atom. The zero-order chi connectivity index (χ0) is 11.4. The van der Waals surface area contributed by atoms with E-state index in [1.54, 1.807) is 0 Å². The fourth-order valence-electron chi connectivity index (χ4n) is 1.84. The van der Waals surface area contributed by atoms with Gasteiger partial charge in [0.2, 0.25) is 0 Å². The molecule has 88 valence electrons. The lowest BCUT2D eigenvalue weighted by atomic mass is 10.1. The zero-order valence-electron chi connectivity index (χ0n) is 9.93. The SMILES string of the molecule is Cc1ccc(CCCCNC2CC2)cc1Cl. The van der Waals surface area contributed by atoms with Gasteiger partial charge in [0.05, 0.1) is 0 Å². The van der Waals surface area contributed by atoms with E-state index in [2.05, 4.69) is 23.5 Å². The number of halogens is 1. The van der Waals surface area contributed by atoms with E-state index in [0.29, 0.717) is 0 Å². The minimum atomic E-state index is 0.841. The number of rotatable bonds is 6. The molecule has 0 aromatic heterocycles. The van der Waals surface area contributed by atoms with Crippen molar-refractivity contribution in [3.63, 3.8) is 0 Å². The molecule has 1 nitrogen and oxygen atoms in total. The molecule has 1 aliphatic rings. The van der Waals surface area contributed by atoms with Crippen LogP contribution in [0.25, 0.3) is 0 Å². The van der Waals surface area contributed by atoms with E-state index in [1.165, 1.54) is 43.4 Å². The van der Waals surface area contributed by atoms with Crippen molar-refractivity contribution < 1.29 is 0 Å². The number of hydrogen-bond donors (Lipinski definition) is 1. The molecule has 1 aromatic rings. The molecule has 2 heteroatoms. The van der Waals surface area contributed by atoms with Gasteiger partial charge in [-0.1, -0.05) is 23.7 Å². The molecule has 1 N–H and O–H groups in total. The fraction of sp³-hybridized carbons (Fsp3) is 0.571. The molecular weight excluding hydrogens is 218 g/mol. The predicted octanol–water partition coefficient (Wildman–Crippen LogP) is 3.72. The molecule has 0 unspecified atom stereocenters. The summed E-state index contributed by atoms with van der Waals surface area (Å²) in [6.45, 7) is 3.22. The lowest BCUT2D eigenvalue weighted by Crippen LogP contribution is -2.17. The number of aryl methyl sites for hydroxylation is 2. The summed E-state index contributed by atoms with van der Waals surface area (Å²) >= 11 is 6.09. The van der Waals surface area contributed by atoms with Crippen molar-refractivity contribution in [2.75, 3.05) is 6.54 Å². The van der Waals surface area contributed by atoms with E-state index in [0.717, 1.165) is 17.5 Å². The van der Waals surface area contributed by atoms with Gasteiger partial charge >= 0.3 is 0 Å². The maximum absolute atomic E-state index is 6.09. The molecule has 16 heavy (non-hydrogen) atoms. The Balaban J connectivity index is 1.65. The Bertz CT molecular complexity index is 345. The summed E-state index contributed by atoms with van der Waals surface area (Å²) in [5.41, 5.74) is 2.53. The van der Waals surface area contributed by atoms with Crippen LogP contribution in [-0.2, 0) is 6.42 Å². The van der Waals surface area contributed by atoms with Crippen LogP contribution in [0.4, 0.5) is 0 Å². The van der Waals surface area contributed by atoms with E-state index < -0.39 is 0 Å². The maximum Gasteiger partial charge on any atom is 0.0437 e. The van der Waals surface area contributed by atoms with E-state index in [9.17, 15) is 0 Å². The van der Waals surface area contributed by atoms with Gasteiger partial charge in [0.1, 0.15) is 0 Å². The van der Waals surface area contributed by atoms with E-state index in [4.69, 9.17) is 11.6 Å². The van der Waals surface area contributed by atoms with Crippen LogP contribution < -0.4 is 5.32 Å². The first-order chi connectivity index (χ1) is 7.75. The van der Waals surface area contributed by atoms with Crippen LogP contribution >= 0.6 is 11.6 Å². The fourth-order valence-corrected chi connectivity index (χ4v) is 2.04. The van der Waals surface area contributed by atoms with Gasteiger partial charge in [-0.15, -0.1) is 0 Å². The van der Waals surface area contributed by atoms with E-state index in [1.807, 2.05) is 6.92 Å². The van der Waals surface area contributed by atoms with Gasteiger partial charge in [0, 0.05) is 11.1 Å². The first-order valence-corrected chi connectivity index (χ1v) is 6.62. The molecule has 0 radical (unpaired) electrons. The average molecular weight is 238 g/mol. The summed E-state index contributed by atoms with van der Waals surface area (Å²) in [5.74, 6) is 0. The van der Waals surface area contributed by atoms with Crippen molar-refractivity contribution in [2.24, 2.45) is 0 Å². The van der Waals surface area contributed by atoms with Crippen molar-refractivity contribution in [1.29, 1.82) is 0 Å².